The first-order chi connectivity index (χ1) is 10.5. The van der Waals surface area contributed by atoms with Gasteiger partial charge in [-0.1, -0.05) is 11.6 Å². The zero-order valence-electron chi connectivity index (χ0n) is 12.6. The molecule has 0 fully saturated rings. The molecule has 1 amide bonds. The lowest BCUT2D eigenvalue weighted by atomic mass is 10.2. The van der Waals surface area contributed by atoms with E-state index < -0.39 is 0 Å². The van der Waals surface area contributed by atoms with Crippen LogP contribution in [0, 0.1) is 6.92 Å². The maximum atomic E-state index is 12.1. The van der Waals surface area contributed by atoms with E-state index in [-0.39, 0.29) is 24.4 Å². The number of rotatable bonds is 6. The van der Waals surface area contributed by atoms with Crippen LogP contribution in [0.4, 0.5) is 0 Å². The van der Waals surface area contributed by atoms with Crippen LogP contribution in [0.1, 0.15) is 36.2 Å². The molecule has 0 aliphatic rings. The van der Waals surface area contributed by atoms with Gasteiger partial charge >= 0.3 is 0 Å². The molecule has 2 N–H and O–H groups in total. The van der Waals surface area contributed by atoms with Gasteiger partial charge in [-0.15, -0.1) is 5.10 Å². The van der Waals surface area contributed by atoms with Crippen LogP contribution in [0.15, 0.2) is 24.3 Å². The van der Waals surface area contributed by atoms with Crippen LogP contribution in [0.2, 0.25) is 5.02 Å². The van der Waals surface area contributed by atoms with Crippen molar-refractivity contribution in [2.75, 3.05) is 6.61 Å². The van der Waals surface area contributed by atoms with E-state index in [2.05, 4.69) is 15.4 Å². The van der Waals surface area contributed by atoms with Gasteiger partial charge in [-0.2, -0.15) is 0 Å². The summed E-state index contributed by atoms with van der Waals surface area (Å²) in [4.78, 5) is 16.3. The van der Waals surface area contributed by atoms with Crippen molar-refractivity contribution in [3.8, 4) is 5.69 Å². The number of aliphatic hydroxyl groups is 1. The Morgan fingerprint density at radius 2 is 2.09 bits per heavy atom. The van der Waals surface area contributed by atoms with Crippen LogP contribution in [0.25, 0.3) is 5.69 Å². The molecule has 22 heavy (non-hydrogen) atoms. The summed E-state index contributed by atoms with van der Waals surface area (Å²) in [7, 11) is 0. The van der Waals surface area contributed by atoms with Crippen LogP contribution < -0.4 is 5.32 Å². The Labute approximate surface area is 134 Å². The zero-order chi connectivity index (χ0) is 16.1. The third kappa shape index (κ3) is 4.05. The second-order valence-corrected chi connectivity index (χ2v) is 5.55. The van der Waals surface area contributed by atoms with Gasteiger partial charge in [-0.3, -0.25) is 4.79 Å². The maximum Gasteiger partial charge on any atom is 0.291 e. The van der Waals surface area contributed by atoms with Gasteiger partial charge in [-0.25, -0.2) is 9.67 Å². The summed E-state index contributed by atoms with van der Waals surface area (Å²) in [6.07, 6.45) is 1.35. The standard InChI is InChI=1S/C15H19ClN4O2/c1-10(4-3-9-21)17-15(22)14-18-11(2)20(19-14)13-7-5-12(16)6-8-13/h5-8,10,21H,3-4,9H2,1-2H3,(H,17,22). The normalized spacial score (nSPS) is 12.2. The fourth-order valence-electron chi connectivity index (χ4n) is 2.07. The molecule has 2 aromatic rings. The molecule has 1 heterocycles. The van der Waals surface area contributed by atoms with Crippen molar-refractivity contribution in [1.82, 2.24) is 20.1 Å². The van der Waals surface area contributed by atoms with Gasteiger partial charge < -0.3 is 10.4 Å². The lowest BCUT2D eigenvalue weighted by Gasteiger charge is -2.11. The van der Waals surface area contributed by atoms with Crippen molar-refractivity contribution in [2.45, 2.75) is 32.7 Å². The highest BCUT2D eigenvalue weighted by atomic mass is 35.5. The predicted molar refractivity (Wildman–Crippen MR) is 84.4 cm³/mol. The summed E-state index contributed by atoms with van der Waals surface area (Å²) in [6.45, 7) is 3.78. The fraction of sp³-hybridized carbons (Fsp3) is 0.400. The SMILES string of the molecule is Cc1nc(C(=O)NC(C)CCCO)nn1-c1ccc(Cl)cc1. The summed E-state index contributed by atoms with van der Waals surface area (Å²) in [5.74, 6) is 0.431. The third-order valence-electron chi connectivity index (χ3n) is 3.22. The van der Waals surface area contributed by atoms with Gasteiger partial charge in [0, 0.05) is 17.7 Å². The Morgan fingerprint density at radius 3 is 2.73 bits per heavy atom. The van der Waals surface area contributed by atoms with Crippen LogP contribution >= 0.6 is 11.6 Å². The quantitative estimate of drug-likeness (QED) is 0.853. The minimum Gasteiger partial charge on any atom is -0.396 e. The monoisotopic (exact) mass is 322 g/mol. The number of halogens is 1. The Bertz CT molecular complexity index is 639. The highest BCUT2D eigenvalue weighted by molar-refractivity contribution is 6.30. The Balaban J connectivity index is 2.12. The molecule has 0 radical (unpaired) electrons. The largest absolute Gasteiger partial charge is 0.396 e. The minimum absolute atomic E-state index is 0.0394. The van der Waals surface area contributed by atoms with Crippen LogP contribution in [0.3, 0.4) is 0 Å². The average molecular weight is 323 g/mol. The maximum absolute atomic E-state index is 12.1. The highest BCUT2D eigenvalue weighted by Crippen LogP contribution is 2.14. The van der Waals surface area contributed by atoms with Crippen molar-refractivity contribution in [2.24, 2.45) is 0 Å². The molecule has 7 heteroatoms. The number of carbonyl (C=O) groups excluding carboxylic acids is 1. The van der Waals surface area contributed by atoms with Crippen LogP contribution in [-0.4, -0.2) is 38.4 Å². The first kappa shape index (κ1) is 16.5. The number of aryl methyl sites for hydroxylation is 1. The van der Waals surface area contributed by atoms with Crippen molar-refractivity contribution < 1.29 is 9.90 Å². The van der Waals surface area contributed by atoms with E-state index in [9.17, 15) is 4.79 Å². The number of aromatic nitrogens is 3. The summed E-state index contributed by atoms with van der Waals surface area (Å²) in [6, 6.07) is 7.11. The lowest BCUT2D eigenvalue weighted by Crippen LogP contribution is -2.33. The Kier molecular flexibility index (Phi) is 5.51. The molecule has 0 spiro atoms. The van der Waals surface area contributed by atoms with E-state index in [0.717, 1.165) is 5.69 Å². The molecule has 2 rings (SSSR count). The first-order valence-electron chi connectivity index (χ1n) is 7.12. The smallest absolute Gasteiger partial charge is 0.291 e. The first-order valence-corrected chi connectivity index (χ1v) is 7.50. The number of hydrogen-bond acceptors (Lipinski definition) is 4. The second-order valence-electron chi connectivity index (χ2n) is 5.11. The van der Waals surface area contributed by atoms with Crippen LogP contribution in [0.5, 0.6) is 0 Å². The fourth-order valence-corrected chi connectivity index (χ4v) is 2.20. The Hall–Kier alpha value is -1.92. The lowest BCUT2D eigenvalue weighted by molar-refractivity contribution is 0.0926. The number of nitrogens with zero attached hydrogens (tertiary/aromatic N) is 3. The third-order valence-corrected chi connectivity index (χ3v) is 3.47. The van der Waals surface area contributed by atoms with E-state index in [4.69, 9.17) is 16.7 Å². The molecule has 1 aromatic heterocycles. The average Bonchev–Trinajstić information content (AvgIpc) is 2.88. The number of benzene rings is 1. The van der Waals surface area contributed by atoms with E-state index in [1.54, 1.807) is 23.7 Å². The molecule has 1 unspecified atom stereocenters. The van der Waals surface area contributed by atoms with Gasteiger partial charge in [0.05, 0.1) is 5.69 Å². The number of aliphatic hydroxyl groups excluding tert-OH is 1. The topological polar surface area (TPSA) is 80.0 Å². The molecular formula is C15H19ClN4O2. The molecule has 6 nitrogen and oxygen atoms in total. The van der Waals surface area contributed by atoms with Gasteiger partial charge in [0.15, 0.2) is 0 Å². The minimum atomic E-state index is -0.318. The van der Waals surface area contributed by atoms with Gasteiger partial charge in [-0.05, 0) is 51.0 Å². The number of hydrogen-bond donors (Lipinski definition) is 2. The molecule has 1 atom stereocenters. The number of amides is 1. The summed E-state index contributed by atoms with van der Waals surface area (Å²) >= 11 is 5.87. The summed E-state index contributed by atoms with van der Waals surface area (Å²) in [5.41, 5.74) is 0.793. The van der Waals surface area contributed by atoms with Crippen molar-refractivity contribution in [3.63, 3.8) is 0 Å². The zero-order valence-corrected chi connectivity index (χ0v) is 13.3. The molecule has 0 saturated carbocycles. The van der Waals surface area contributed by atoms with Crippen LogP contribution in [-0.2, 0) is 0 Å². The molecule has 1 aromatic carbocycles. The summed E-state index contributed by atoms with van der Waals surface area (Å²) < 4.78 is 1.60. The molecule has 0 bridgehead atoms. The van der Waals surface area contributed by atoms with E-state index in [0.29, 0.717) is 23.7 Å². The molecule has 118 valence electrons. The Morgan fingerprint density at radius 1 is 1.41 bits per heavy atom. The van der Waals surface area contributed by atoms with E-state index >= 15 is 0 Å². The van der Waals surface area contributed by atoms with E-state index in [1.807, 2.05) is 19.1 Å². The second kappa shape index (κ2) is 7.38. The van der Waals surface area contributed by atoms with Crippen molar-refractivity contribution in [1.29, 1.82) is 0 Å². The molecule has 0 saturated heterocycles. The van der Waals surface area contributed by atoms with Crippen molar-refractivity contribution in [3.05, 3.63) is 40.9 Å². The summed E-state index contributed by atoms with van der Waals surface area (Å²) in [5, 5.41) is 16.5. The predicted octanol–water partition coefficient (Wildman–Crippen LogP) is 2.12. The molecular weight excluding hydrogens is 304 g/mol. The van der Waals surface area contributed by atoms with Gasteiger partial charge in [0.25, 0.3) is 5.91 Å². The molecule has 0 aliphatic heterocycles. The number of nitrogens with one attached hydrogen (secondary N) is 1. The van der Waals surface area contributed by atoms with E-state index in [1.165, 1.54) is 0 Å². The van der Waals surface area contributed by atoms with Gasteiger partial charge in [0.2, 0.25) is 5.82 Å². The number of carbonyl (C=O) groups is 1. The van der Waals surface area contributed by atoms with Gasteiger partial charge in [0.1, 0.15) is 5.82 Å². The molecule has 0 aliphatic carbocycles. The highest BCUT2D eigenvalue weighted by Gasteiger charge is 2.17. The van der Waals surface area contributed by atoms with Crippen molar-refractivity contribution >= 4 is 17.5 Å².